The molecule has 1 aromatic heterocycles. The van der Waals surface area contributed by atoms with E-state index in [4.69, 9.17) is 0 Å². The molecule has 0 atom stereocenters. The predicted octanol–water partition coefficient (Wildman–Crippen LogP) is 2.93. The summed E-state index contributed by atoms with van der Waals surface area (Å²) in [5.74, 6) is -0.123. The lowest BCUT2D eigenvalue weighted by Crippen LogP contribution is -2.30. The number of thiophene rings is 1. The van der Waals surface area contributed by atoms with Gasteiger partial charge in [0.1, 0.15) is 0 Å². The molecule has 1 N–H and O–H groups in total. The van der Waals surface area contributed by atoms with Gasteiger partial charge in [-0.05, 0) is 23.9 Å². The van der Waals surface area contributed by atoms with Crippen molar-refractivity contribution in [3.8, 4) is 11.1 Å². The van der Waals surface area contributed by atoms with Crippen molar-refractivity contribution in [2.24, 2.45) is 0 Å². The Morgan fingerprint density at radius 1 is 1.14 bits per heavy atom. The van der Waals surface area contributed by atoms with Crippen molar-refractivity contribution in [1.82, 2.24) is 10.2 Å². The maximum Gasteiger partial charge on any atom is 0.262 e. The van der Waals surface area contributed by atoms with Crippen molar-refractivity contribution in [3.05, 3.63) is 46.2 Å². The average molecular weight is 316 g/mol. The number of carbonyl (C=O) groups excluding carboxylic acids is 2. The summed E-state index contributed by atoms with van der Waals surface area (Å²) in [6, 6.07) is 10.1. The fourth-order valence-electron chi connectivity index (χ4n) is 2.03. The number of hydrogen-bond acceptors (Lipinski definition) is 3. The molecule has 2 amide bonds. The molecule has 0 fully saturated rings. The number of nitrogens with one attached hydrogen (secondary N) is 1. The zero-order valence-corrected chi connectivity index (χ0v) is 13.9. The normalized spacial score (nSPS) is 10.3. The minimum absolute atomic E-state index is 0.00485. The van der Waals surface area contributed by atoms with Crippen molar-refractivity contribution < 1.29 is 9.59 Å². The van der Waals surface area contributed by atoms with Gasteiger partial charge in [0.15, 0.2) is 0 Å². The first-order valence-corrected chi connectivity index (χ1v) is 8.00. The molecule has 22 heavy (non-hydrogen) atoms. The van der Waals surface area contributed by atoms with Gasteiger partial charge in [0.2, 0.25) is 5.91 Å². The number of amides is 2. The smallest absolute Gasteiger partial charge is 0.262 e. The molecule has 0 aliphatic rings. The van der Waals surface area contributed by atoms with E-state index in [1.807, 2.05) is 42.6 Å². The second-order valence-electron chi connectivity index (χ2n) is 5.32. The van der Waals surface area contributed by atoms with Crippen LogP contribution in [0.2, 0.25) is 0 Å². The predicted molar refractivity (Wildman–Crippen MR) is 90.1 cm³/mol. The largest absolute Gasteiger partial charge is 0.351 e. The molecule has 2 aromatic rings. The van der Waals surface area contributed by atoms with Crippen molar-refractivity contribution in [2.45, 2.75) is 13.3 Å². The lowest BCUT2D eigenvalue weighted by Gasteiger charge is -2.10. The van der Waals surface area contributed by atoms with Crippen LogP contribution in [0.25, 0.3) is 11.1 Å². The highest BCUT2D eigenvalue weighted by Crippen LogP contribution is 2.28. The van der Waals surface area contributed by atoms with Crippen LogP contribution in [0.15, 0.2) is 35.7 Å². The number of nitrogens with zero attached hydrogens (tertiary/aromatic N) is 1. The first-order chi connectivity index (χ1) is 10.5. The minimum atomic E-state index is -0.128. The molecule has 0 saturated heterocycles. The van der Waals surface area contributed by atoms with Crippen LogP contribution in [-0.4, -0.2) is 37.4 Å². The van der Waals surface area contributed by atoms with Crippen molar-refractivity contribution in [1.29, 1.82) is 0 Å². The van der Waals surface area contributed by atoms with Gasteiger partial charge in [-0.1, -0.05) is 29.8 Å². The first-order valence-electron chi connectivity index (χ1n) is 7.12. The number of aryl methyl sites for hydroxylation is 1. The van der Waals surface area contributed by atoms with E-state index in [-0.39, 0.29) is 11.8 Å². The van der Waals surface area contributed by atoms with Crippen LogP contribution < -0.4 is 5.32 Å². The Bertz CT molecular complexity index is 660. The second kappa shape index (κ2) is 7.22. The minimum Gasteiger partial charge on any atom is -0.351 e. The SMILES string of the molecule is Cc1ccc(-c2ccsc2C(=O)NCCC(=O)N(C)C)cc1. The zero-order valence-electron chi connectivity index (χ0n) is 13.1. The maximum absolute atomic E-state index is 12.3. The Kier molecular flexibility index (Phi) is 5.33. The van der Waals surface area contributed by atoms with Crippen LogP contribution in [0, 0.1) is 6.92 Å². The summed E-state index contributed by atoms with van der Waals surface area (Å²) in [6.07, 6.45) is 0.310. The summed E-state index contributed by atoms with van der Waals surface area (Å²) in [6.45, 7) is 2.38. The monoisotopic (exact) mass is 316 g/mol. The second-order valence-corrected chi connectivity index (χ2v) is 6.24. The standard InChI is InChI=1S/C17H20N2O2S/c1-12-4-6-13(7-5-12)14-9-11-22-16(14)17(21)18-10-8-15(20)19(2)3/h4-7,9,11H,8,10H2,1-3H3,(H,18,21). The lowest BCUT2D eigenvalue weighted by molar-refractivity contribution is -0.128. The molecule has 116 valence electrons. The molecule has 1 aromatic carbocycles. The third kappa shape index (κ3) is 3.95. The molecule has 5 heteroatoms. The van der Waals surface area contributed by atoms with E-state index in [0.29, 0.717) is 17.8 Å². The summed E-state index contributed by atoms with van der Waals surface area (Å²) in [5.41, 5.74) is 3.15. The molecule has 2 rings (SSSR count). The van der Waals surface area contributed by atoms with Crippen LogP contribution in [0.5, 0.6) is 0 Å². The fraction of sp³-hybridized carbons (Fsp3) is 0.294. The van der Waals surface area contributed by atoms with Crippen LogP contribution in [0.4, 0.5) is 0 Å². The number of benzene rings is 1. The maximum atomic E-state index is 12.3. The molecule has 0 unspecified atom stereocenters. The Labute approximate surface area is 134 Å². The summed E-state index contributed by atoms with van der Waals surface area (Å²) >= 11 is 1.41. The Morgan fingerprint density at radius 3 is 2.45 bits per heavy atom. The van der Waals surface area contributed by atoms with Gasteiger partial charge in [-0.3, -0.25) is 9.59 Å². The van der Waals surface area contributed by atoms with Gasteiger partial charge in [0.05, 0.1) is 4.88 Å². The van der Waals surface area contributed by atoms with E-state index in [1.165, 1.54) is 21.8 Å². The lowest BCUT2D eigenvalue weighted by atomic mass is 10.0. The van der Waals surface area contributed by atoms with Gasteiger partial charge in [0, 0.05) is 32.6 Å². The number of carbonyl (C=O) groups is 2. The van der Waals surface area contributed by atoms with Gasteiger partial charge in [0.25, 0.3) is 5.91 Å². The average Bonchev–Trinajstić information content (AvgIpc) is 2.97. The van der Waals surface area contributed by atoms with E-state index in [2.05, 4.69) is 5.32 Å². The summed E-state index contributed by atoms with van der Waals surface area (Å²) in [4.78, 5) is 26.0. The van der Waals surface area contributed by atoms with Crippen LogP contribution in [0.1, 0.15) is 21.7 Å². The molecule has 0 saturated carbocycles. The first kappa shape index (κ1) is 16.2. The van der Waals surface area contributed by atoms with Gasteiger partial charge in [-0.15, -0.1) is 11.3 Å². The molecule has 1 heterocycles. The Morgan fingerprint density at radius 2 is 1.82 bits per heavy atom. The molecule has 0 spiro atoms. The molecular weight excluding hydrogens is 296 g/mol. The topological polar surface area (TPSA) is 49.4 Å². The van der Waals surface area contributed by atoms with Crippen LogP contribution in [0.3, 0.4) is 0 Å². The van der Waals surface area contributed by atoms with E-state index >= 15 is 0 Å². The van der Waals surface area contributed by atoms with Crippen molar-refractivity contribution in [2.75, 3.05) is 20.6 Å². The molecule has 0 radical (unpaired) electrons. The molecular formula is C17H20N2O2S. The number of hydrogen-bond donors (Lipinski definition) is 1. The number of rotatable bonds is 5. The molecule has 0 aliphatic carbocycles. The van der Waals surface area contributed by atoms with E-state index in [9.17, 15) is 9.59 Å². The highest BCUT2D eigenvalue weighted by atomic mass is 32.1. The Hall–Kier alpha value is -2.14. The third-order valence-electron chi connectivity index (χ3n) is 3.36. The van der Waals surface area contributed by atoms with E-state index in [0.717, 1.165) is 11.1 Å². The quantitative estimate of drug-likeness (QED) is 0.922. The Balaban J connectivity index is 2.04. The third-order valence-corrected chi connectivity index (χ3v) is 4.27. The van der Waals surface area contributed by atoms with Crippen molar-refractivity contribution >= 4 is 23.2 Å². The van der Waals surface area contributed by atoms with Crippen LogP contribution in [-0.2, 0) is 4.79 Å². The van der Waals surface area contributed by atoms with Crippen LogP contribution >= 0.6 is 11.3 Å². The molecule has 0 aliphatic heterocycles. The summed E-state index contributed by atoms with van der Waals surface area (Å²) in [5, 5.41) is 4.73. The van der Waals surface area contributed by atoms with Gasteiger partial charge < -0.3 is 10.2 Å². The van der Waals surface area contributed by atoms with Gasteiger partial charge >= 0.3 is 0 Å². The van der Waals surface area contributed by atoms with Gasteiger partial charge in [-0.2, -0.15) is 0 Å². The highest BCUT2D eigenvalue weighted by molar-refractivity contribution is 7.12. The van der Waals surface area contributed by atoms with E-state index < -0.39 is 0 Å². The fourth-order valence-corrected chi connectivity index (χ4v) is 2.86. The summed E-state index contributed by atoms with van der Waals surface area (Å²) < 4.78 is 0. The zero-order chi connectivity index (χ0) is 16.1. The molecule has 4 nitrogen and oxygen atoms in total. The van der Waals surface area contributed by atoms with Crippen molar-refractivity contribution in [3.63, 3.8) is 0 Å². The molecule has 0 bridgehead atoms. The van der Waals surface area contributed by atoms with E-state index in [1.54, 1.807) is 14.1 Å². The van der Waals surface area contributed by atoms with Gasteiger partial charge in [-0.25, -0.2) is 0 Å². The summed E-state index contributed by atoms with van der Waals surface area (Å²) in [7, 11) is 3.41. The highest BCUT2D eigenvalue weighted by Gasteiger charge is 2.14.